The highest BCUT2D eigenvalue weighted by molar-refractivity contribution is 6.09. The number of nitrogens with zero attached hydrogens (tertiary/aromatic N) is 1. The van der Waals surface area contributed by atoms with Crippen molar-refractivity contribution in [1.29, 1.82) is 0 Å². The Bertz CT molecular complexity index is 1130. The third-order valence-corrected chi connectivity index (χ3v) is 5.03. The van der Waals surface area contributed by atoms with Gasteiger partial charge in [0.2, 0.25) is 0 Å². The number of benzene rings is 3. The molecule has 1 aromatic heterocycles. The van der Waals surface area contributed by atoms with Gasteiger partial charge in [0.1, 0.15) is 5.75 Å². The SMILES string of the molecule is COc1ccc(CCNC(=O)Nc2ccc3c(c2)c2ccccc2n3C)cc1. The molecule has 0 atom stereocenters. The molecule has 0 unspecified atom stereocenters. The van der Waals surface area contributed by atoms with E-state index in [1.165, 1.54) is 10.9 Å². The average Bonchev–Trinajstić information content (AvgIpc) is 3.01. The largest absolute Gasteiger partial charge is 0.497 e. The minimum atomic E-state index is -0.201. The zero-order valence-corrected chi connectivity index (χ0v) is 16.0. The topological polar surface area (TPSA) is 55.3 Å². The van der Waals surface area contributed by atoms with Gasteiger partial charge < -0.3 is 19.9 Å². The highest BCUT2D eigenvalue weighted by Gasteiger charge is 2.09. The van der Waals surface area contributed by atoms with Gasteiger partial charge >= 0.3 is 6.03 Å². The van der Waals surface area contributed by atoms with Crippen LogP contribution in [-0.4, -0.2) is 24.3 Å². The maximum atomic E-state index is 12.3. The van der Waals surface area contributed by atoms with E-state index in [2.05, 4.69) is 34.4 Å². The number of hydrogen-bond donors (Lipinski definition) is 2. The predicted molar refractivity (Wildman–Crippen MR) is 114 cm³/mol. The van der Waals surface area contributed by atoms with Crippen LogP contribution in [0.15, 0.2) is 66.7 Å². The standard InChI is InChI=1S/C23H23N3O2/c1-26-21-6-4-3-5-19(21)20-15-17(9-12-22(20)26)25-23(27)24-14-13-16-7-10-18(28-2)11-8-16/h3-12,15H,13-14H2,1-2H3,(H2,24,25,27). The molecule has 28 heavy (non-hydrogen) atoms. The molecule has 0 radical (unpaired) electrons. The van der Waals surface area contributed by atoms with E-state index in [-0.39, 0.29) is 6.03 Å². The lowest BCUT2D eigenvalue weighted by molar-refractivity contribution is 0.252. The first-order valence-corrected chi connectivity index (χ1v) is 9.30. The van der Waals surface area contributed by atoms with Gasteiger partial charge in [-0.3, -0.25) is 0 Å². The van der Waals surface area contributed by atoms with E-state index in [1.54, 1.807) is 7.11 Å². The average molecular weight is 373 g/mol. The normalized spacial score (nSPS) is 10.9. The number of ether oxygens (including phenoxy) is 1. The molecule has 0 aliphatic carbocycles. The quantitative estimate of drug-likeness (QED) is 0.533. The molecular formula is C23H23N3O2. The number of anilines is 1. The summed E-state index contributed by atoms with van der Waals surface area (Å²) in [6.07, 6.45) is 0.764. The highest BCUT2D eigenvalue weighted by Crippen LogP contribution is 2.29. The second-order valence-electron chi connectivity index (χ2n) is 6.79. The van der Waals surface area contributed by atoms with Crippen LogP contribution in [0, 0.1) is 0 Å². The lowest BCUT2D eigenvalue weighted by atomic mass is 10.1. The number of aryl methyl sites for hydroxylation is 1. The Balaban J connectivity index is 1.41. The zero-order chi connectivity index (χ0) is 19.5. The summed E-state index contributed by atoms with van der Waals surface area (Å²) < 4.78 is 7.33. The van der Waals surface area contributed by atoms with E-state index < -0.39 is 0 Å². The number of fused-ring (bicyclic) bond motifs is 3. The first-order chi connectivity index (χ1) is 13.7. The van der Waals surface area contributed by atoms with E-state index in [4.69, 9.17) is 4.74 Å². The minimum Gasteiger partial charge on any atom is -0.497 e. The molecule has 5 nitrogen and oxygen atoms in total. The number of urea groups is 1. The minimum absolute atomic E-state index is 0.201. The molecule has 0 saturated heterocycles. The lowest BCUT2D eigenvalue weighted by Gasteiger charge is -2.09. The van der Waals surface area contributed by atoms with Crippen molar-refractivity contribution in [2.45, 2.75) is 6.42 Å². The molecule has 4 aromatic rings. The van der Waals surface area contributed by atoms with Gasteiger partial charge in [-0.2, -0.15) is 0 Å². The Morgan fingerprint density at radius 3 is 2.50 bits per heavy atom. The Kier molecular flexibility index (Phi) is 4.89. The molecular weight excluding hydrogens is 350 g/mol. The molecule has 0 bridgehead atoms. The van der Waals surface area contributed by atoms with Gasteiger partial charge in [-0.25, -0.2) is 4.79 Å². The van der Waals surface area contributed by atoms with Crippen molar-refractivity contribution in [2.24, 2.45) is 7.05 Å². The van der Waals surface area contributed by atoms with Crippen LogP contribution in [0.1, 0.15) is 5.56 Å². The van der Waals surface area contributed by atoms with Gasteiger partial charge in [0.05, 0.1) is 7.11 Å². The van der Waals surface area contributed by atoms with Crippen molar-refractivity contribution in [3.05, 3.63) is 72.3 Å². The van der Waals surface area contributed by atoms with Crippen LogP contribution in [0.5, 0.6) is 5.75 Å². The van der Waals surface area contributed by atoms with Crippen molar-refractivity contribution < 1.29 is 9.53 Å². The first-order valence-electron chi connectivity index (χ1n) is 9.30. The number of rotatable bonds is 5. The fraction of sp³-hybridized carbons (Fsp3) is 0.174. The van der Waals surface area contributed by atoms with Crippen molar-refractivity contribution in [3.63, 3.8) is 0 Å². The summed E-state index contributed by atoms with van der Waals surface area (Å²) in [5.74, 6) is 0.832. The molecule has 0 fully saturated rings. The fourth-order valence-corrected chi connectivity index (χ4v) is 3.53. The summed E-state index contributed by atoms with van der Waals surface area (Å²) in [5.41, 5.74) is 4.26. The molecule has 0 aliphatic heterocycles. The van der Waals surface area contributed by atoms with E-state index in [9.17, 15) is 4.79 Å². The van der Waals surface area contributed by atoms with Crippen LogP contribution in [0.2, 0.25) is 0 Å². The van der Waals surface area contributed by atoms with Crippen LogP contribution in [0.4, 0.5) is 10.5 Å². The number of nitrogens with one attached hydrogen (secondary N) is 2. The van der Waals surface area contributed by atoms with Gasteiger partial charge in [-0.1, -0.05) is 30.3 Å². The number of hydrogen-bond acceptors (Lipinski definition) is 2. The number of aromatic nitrogens is 1. The van der Waals surface area contributed by atoms with Crippen LogP contribution in [0.3, 0.4) is 0 Å². The molecule has 3 aromatic carbocycles. The Hall–Kier alpha value is -3.47. The van der Waals surface area contributed by atoms with Gasteiger partial charge in [0.15, 0.2) is 0 Å². The van der Waals surface area contributed by atoms with Crippen molar-refractivity contribution in [3.8, 4) is 5.75 Å². The Labute approximate surface area is 163 Å². The van der Waals surface area contributed by atoms with Gasteiger partial charge in [-0.05, 0) is 48.4 Å². The molecule has 2 N–H and O–H groups in total. The summed E-state index contributed by atoms with van der Waals surface area (Å²) in [6.45, 7) is 0.564. The Morgan fingerprint density at radius 1 is 0.964 bits per heavy atom. The number of amides is 2. The summed E-state index contributed by atoms with van der Waals surface area (Å²) >= 11 is 0. The maximum absolute atomic E-state index is 12.3. The van der Waals surface area contributed by atoms with Crippen LogP contribution in [-0.2, 0) is 13.5 Å². The lowest BCUT2D eigenvalue weighted by Crippen LogP contribution is -2.30. The summed E-state index contributed by atoms with van der Waals surface area (Å²) in [4.78, 5) is 12.3. The van der Waals surface area contributed by atoms with Crippen LogP contribution < -0.4 is 15.4 Å². The van der Waals surface area contributed by atoms with Crippen molar-refractivity contribution in [1.82, 2.24) is 9.88 Å². The molecule has 5 heteroatoms. The second kappa shape index (κ2) is 7.64. The van der Waals surface area contributed by atoms with E-state index in [0.29, 0.717) is 6.54 Å². The molecule has 0 aliphatic rings. The summed E-state index contributed by atoms with van der Waals surface area (Å²) in [6, 6.07) is 22.0. The number of para-hydroxylation sites is 1. The zero-order valence-electron chi connectivity index (χ0n) is 16.0. The van der Waals surface area contributed by atoms with Crippen LogP contribution in [0.25, 0.3) is 21.8 Å². The number of carbonyl (C=O) groups is 1. The van der Waals surface area contributed by atoms with E-state index >= 15 is 0 Å². The van der Waals surface area contributed by atoms with Crippen molar-refractivity contribution >= 4 is 33.5 Å². The third kappa shape index (κ3) is 3.51. The molecule has 1 heterocycles. The fourth-order valence-electron chi connectivity index (χ4n) is 3.53. The monoisotopic (exact) mass is 373 g/mol. The third-order valence-electron chi connectivity index (χ3n) is 5.03. The predicted octanol–water partition coefficient (Wildman–Crippen LogP) is 4.70. The summed E-state index contributed by atoms with van der Waals surface area (Å²) in [7, 11) is 3.71. The van der Waals surface area contributed by atoms with Gasteiger partial charge in [0, 0.05) is 41.1 Å². The second-order valence-corrected chi connectivity index (χ2v) is 6.79. The Morgan fingerprint density at radius 2 is 1.71 bits per heavy atom. The van der Waals surface area contributed by atoms with Crippen molar-refractivity contribution in [2.75, 3.05) is 19.0 Å². The number of carbonyl (C=O) groups excluding carboxylic acids is 1. The van der Waals surface area contributed by atoms with Gasteiger partial charge in [0.25, 0.3) is 0 Å². The van der Waals surface area contributed by atoms with E-state index in [0.717, 1.165) is 34.3 Å². The van der Waals surface area contributed by atoms with Crippen LogP contribution >= 0.6 is 0 Å². The summed E-state index contributed by atoms with van der Waals surface area (Å²) in [5, 5.41) is 8.16. The van der Waals surface area contributed by atoms with Gasteiger partial charge in [-0.15, -0.1) is 0 Å². The molecule has 0 saturated carbocycles. The molecule has 2 amide bonds. The molecule has 0 spiro atoms. The molecule has 4 rings (SSSR count). The maximum Gasteiger partial charge on any atom is 0.319 e. The molecule has 142 valence electrons. The van der Waals surface area contributed by atoms with E-state index in [1.807, 2.05) is 54.6 Å². The highest BCUT2D eigenvalue weighted by atomic mass is 16.5. The first kappa shape index (κ1) is 17.9. The smallest absolute Gasteiger partial charge is 0.319 e. The number of methoxy groups -OCH3 is 1.